The first-order chi connectivity index (χ1) is 9.74. The van der Waals surface area contributed by atoms with Crippen molar-refractivity contribution >= 4 is 27.8 Å². The molecule has 0 bridgehead atoms. The summed E-state index contributed by atoms with van der Waals surface area (Å²) in [5.74, 6) is 1.02. The lowest BCUT2D eigenvalue weighted by Crippen LogP contribution is -2.49. The van der Waals surface area contributed by atoms with Crippen molar-refractivity contribution in [3.8, 4) is 0 Å². The van der Waals surface area contributed by atoms with Crippen molar-refractivity contribution in [3.05, 3.63) is 41.0 Å². The molecule has 2 aromatic heterocycles. The molecule has 6 nitrogen and oxygen atoms in total. The van der Waals surface area contributed by atoms with Crippen LogP contribution in [-0.2, 0) is 0 Å². The zero-order valence-corrected chi connectivity index (χ0v) is 12.3. The van der Waals surface area contributed by atoms with Crippen molar-refractivity contribution < 1.29 is 9.21 Å². The molecule has 2 aromatic rings. The molecule has 1 saturated heterocycles. The molecule has 104 valence electrons. The number of nitrogens with zero attached hydrogens (tertiary/aromatic N) is 4. The molecule has 0 N–H and O–H groups in total. The highest BCUT2D eigenvalue weighted by atomic mass is 79.9. The van der Waals surface area contributed by atoms with Gasteiger partial charge in [-0.15, -0.1) is 0 Å². The zero-order chi connectivity index (χ0) is 13.9. The summed E-state index contributed by atoms with van der Waals surface area (Å²) in [5.41, 5.74) is 0. The van der Waals surface area contributed by atoms with Crippen molar-refractivity contribution in [3.63, 3.8) is 0 Å². The first kappa shape index (κ1) is 13.1. The highest BCUT2D eigenvalue weighted by molar-refractivity contribution is 9.10. The van der Waals surface area contributed by atoms with Gasteiger partial charge in [0.15, 0.2) is 5.76 Å². The van der Waals surface area contributed by atoms with Crippen LogP contribution in [0.15, 0.2) is 39.7 Å². The lowest BCUT2D eigenvalue weighted by Gasteiger charge is -2.34. The standard InChI is InChI=1S/C13H13BrN4O2/c14-10-8-15-13(16-9-10)18-5-3-17(4-6-18)12(19)11-2-1-7-20-11/h1-2,7-9H,3-6H2. The molecular weight excluding hydrogens is 324 g/mol. The minimum absolute atomic E-state index is 0.0635. The number of carbonyl (C=O) groups is 1. The van der Waals surface area contributed by atoms with Gasteiger partial charge in [0.25, 0.3) is 5.91 Å². The fourth-order valence-electron chi connectivity index (χ4n) is 2.13. The van der Waals surface area contributed by atoms with Gasteiger partial charge in [-0.2, -0.15) is 0 Å². The molecule has 0 unspecified atom stereocenters. The second-order valence-electron chi connectivity index (χ2n) is 4.46. The maximum atomic E-state index is 12.1. The first-order valence-corrected chi connectivity index (χ1v) is 7.08. The predicted molar refractivity (Wildman–Crippen MR) is 76.6 cm³/mol. The molecule has 0 saturated carbocycles. The first-order valence-electron chi connectivity index (χ1n) is 6.29. The fourth-order valence-corrected chi connectivity index (χ4v) is 2.34. The number of amides is 1. The Morgan fingerprint density at radius 3 is 2.50 bits per heavy atom. The molecule has 1 fully saturated rings. The normalized spacial score (nSPS) is 15.4. The summed E-state index contributed by atoms with van der Waals surface area (Å²) in [6, 6.07) is 3.41. The van der Waals surface area contributed by atoms with Crippen molar-refractivity contribution in [2.75, 3.05) is 31.1 Å². The van der Waals surface area contributed by atoms with Crippen molar-refractivity contribution in [1.82, 2.24) is 14.9 Å². The van der Waals surface area contributed by atoms with Crippen LogP contribution in [0.4, 0.5) is 5.95 Å². The van der Waals surface area contributed by atoms with Crippen LogP contribution >= 0.6 is 15.9 Å². The summed E-state index contributed by atoms with van der Waals surface area (Å²) in [4.78, 5) is 24.5. The third-order valence-corrected chi connectivity index (χ3v) is 3.60. The zero-order valence-electron chi connectivity index (χ0n) is 10.7. The lowest BCUT2D eigenvalue weighted by atomic mass is 10.3. The molecule has 7 heteroatoms. The maximum absolute atomic E-state index is 12.1. The number of anilines is 1. The molecule has 20 heavy (non-hydrogen) atoms. The smallest absolute Gasteiger partial charge is 0.289 e. The summed E-state index contributed by atoms with van der Waals surface area (Å²) in [6.07, 6.45) is 4.96. The van der Waals surface area contributed by atoms with Gasteiger partial charge in [0.2, 0.25) is 5.95 Å². The van der Waals surface area contributed by atoms with E-state index in [2.05, 4.69) is 30.8 Å². The molecule has 0 spiro atoms. The Morgan fingerprint density at radius 2 is 1.90 bits per heavy atom. The minimum Gasteiger partial charge on any atom is -0.459 e. The van der Waals surface area contributed by atoms with Gasteiger partial charge in [-0.3, -0.25) is 4.79 Å². The number of hydrogen-bond acceptors (Lipinski definition) is 5. The molecule has 3 heterocycles. The summed E-state index contributed by atoms with van der Waals surface area (Å²) in [7, 11) is 0. The topological polar surface area (TPSA) is 62.5 Å². The Balaban J connectivity index is 1.62. The number of hydrogen-bond donors (Lipinski definition) is 0. The van der Waals surface area contributed by atoms with Crippen LogP contribution in [0.5, 0.6) is 0 Å². The van der Waals surface area contributed by atoms with Crippen LogP contribution in [0.2, 0.25) is 0 Å². The number of aromatic nitrogens is 2. The Bertz CT molecular complexity index is 577. The van der Waals surface area contributed by atoms with Gasteiger partial charge in [0.05, 0.1) is 10.7 Å². The number of piperazine rings is 1. The van der Waals surface area contributed by atoms with Gasteiger partial charge in [-0.05, 0) is 28.1 Å². The van der Waals surface area contributed by atoms with Gasteiger partial charge >= 0.3 is 0 Å². The Labute approximate surface area is 124 Å². The second-order valence-corrected chi connectivity index (χ2v) is 5.37. The number of furan rings is 1. The van der Waals surface area contributed by atoms with Crippen LogP contribution in [0.3, 0.4) is 0 Å². The van der Waals surface area contributed by atoms with Crippen LogP contribution in [0.25, 0.3) is 0 Å². The fraction of sp³-hybridized carbons (Fsp3) is 0.308. The van der Waals surface area contributed by atoms with Crippen LogP contribution < -0.4 is 4.90 Å². The molecule has 1 aliphatic heterocycles. The van der Waals surface area contributed by atoms with E-state index in [-0.39, 0.29) is 5.91 Å². The Kier molecular flexibility index (Phi) is 3.68. The van der Waals surface area contributed by atoms with E-state index in [4.69, 9.17) is 4.42 Å². The quantitative estimate of drug-likeness (QED) is 0.836. The molecule has 1 amide bonds. The van der Waals surface area contributed by atoms with E-state index in [9.17, 15) is 4.79 Å². The van der Waals surface area contributed by atoms with E-state index in [0.29, 0.717) is 37.9 Å². The van der Waals surface area contributed by atoms with Crippen LogP contribution in [0, 0.1) is 0 Å². The average molecular weight is 337 g/mol. The third kappa shape index (κ3) is 2.67. The number of carbonyl (C=O) groups excluding carboxylic acids is 1. The van der Waals surface area contributed by atoms with Crippen molar-refractivity contribution in [2.24, 2.45) is 0 Å². The summed E-state index contributed by atoms with van der Waals surface area (Å²) in [6.45, 7) is 2.71. The second kappa shape index (κ2) is 5.62. The molecule has 0 aromatic carbocycles. The van der Waals surface area contributed by atoms with E-state index in [1.807, 2.05) is 0 Å². The highest BCUT2D eigenvalue weighted by Crippen LogP contribution is 2.14. The van der Waals surface area contributed by atoms with Crippen LogP contribution in [-0.4, -0.2) is 47.0 Å². The Morgan fingerprint density at radius 1 is 1.20 bits per heavy atom. The largest absolute Gasteiger partial charge is 0.459 e. The van der Waals surface area contributed by atoms with Gasteiger partial charge in [-0.25, -0.2) is 9.97 Å². The lowest BCUT2D eigenvalue weighted by molar-refractivity contribution is 0.0714. The Hall–Kier alpha value is -1.89. The molecule has 3 rings (SSSR count). The highest BCUT2D eigenvalue weighted by Gasteiger charge is 2.24. The van der Waals surface area contributed by atoms with E-state index >= 15 is 0 Å². The molecule has 0 radical (unpaired) electrons. The summed E-state index contributed by atoms with van der Waals surface area (Å²) >= 11 is 3.31. The SMILES string of the molecule is O=C(c1ccco1)N1CCN(c2ncc(Br)cn2)CC1. The van der Waals surface area contributed by atoms with Gasteiger partial charge in [0.1, 0.15) is 0 Å². The molecule has 1 aliphatic rings. The van der Waals surface area contributed by atoms with Gasteiger partial charge in [-0.1, -0.05) is 0 Å². The third-order valence-electron chi connectivity index (χ3n) is 3.19. The molecular formula is C13H13BrN4O2. The number of rotatable bonds is 2. The minimum atomic E-state index is -0.0635. The predicted octanol–water partition coefficient (Wildman–Crippen LogP) is 1.79. The van der Waals surface area contributed by atoms with E-state index in [1.165, 1.54) is 6.26 Å². The number of halogens is 1. The van der Waals surface area contributed by atoms with E-state index in [1.54, 1.807) is 29.4 Å². The summed E-state index contributed by atoms with van der Waals surface area (Å²) in [5, 5.41) is 0. The monoisotopic (exact) mass is 336 g/mol. The average Bonchev–Trinajstić information content (AvgIpc) is 3.02. The van der Waals surface area contributed by atoms with Gasteiger partial charge in [0, 0.05) is 38.6 Å². The van der Waals surface area contributed by atoms with Crippen molar-refractivity contribution in [1.29, 1.82) is 0 Å². The van der Waals surface area contributed by atoms with E-state index < -0.39 is 0 Å². The maximum Gasteiger partial charge on any atom is 0.289 e. The molecule has 0 atom stereocenters. The van der Waals surface area contributed by atoms with Gasteiger partial charge < -0.3 is 14.2 Å². The van der Waals surface area contributed by atoms with Crippen molar-refractivity contribution in [2.45, 2.75) is 0 Å². The van der Waals surface area contributed by atoms with Crippen LogP contribution in [0.1, 0.15) is 10.6 Å². The van der Waals surface area contributed by atoms with E-state index in [0.717, 1.165) is 4.47 Å². The summed E-state index contributed by atoms with van der Waals surface area (Å²) < 4.78 is 5.99. The molecule has 0 aliphatic carbocycles.